The molecule has 1 saturated carbocycles. The zero-order valence-electron chi connectivity index (χ0n) is 14.5. The van der Waals surface area contributed by atoms with Crippen LogP contribution in [0.3, 0.4) is 0 Å². The standard InChI is InChI=1S/C17H16F3N5OS/c1-8-5-11(13-6-9(2)24-27-13)23-25-12(7-21-15(8)25)16(26)22-14(10-3-4-10)17(18,19)20/h5-7,10,14H,3-4H2,1-2H3,(H,22,26). The maximum Gasteiger partial charge on any atom is 0.408 e. The maximum atomic E-state index is 13.2. The minimum absolute atomic E-state index is 0.0221. The van der Waals surface area contributed by atoms with Gasteiger partial charge in [-0.15, -0.1) is 0 Å². The molecule has 142 valence electrons. The van der Waals surface area contributed by atoms with Crippen LogP contribution in [0.25, 0.3) is 16.2 Å². The summed E-state index contributed by atoms with van der Waals surface area (Å²) in [5.74, 6) is -1.39. The lowest BCUT2D eigenvalue weighted by Crippen LogP contribution is -2.47. The third-order valence-electron chi connectivity index (χ3n) is 4.50. The van der Waals surface area contributed by atoms with E-state index < -0.39 is 24.0 Å². The second kappa shape index (κ2) is 6.29. The van der Waals surface area contributed by atoms with Gasteiger partial charge in [0, 0.05) is 0 Å². The normalized spacial score (nSPS) is 15.9. The van der Waals surface area contributed by atoms with Crippen LogP contribution in [0.2, 0.25) is 0 Å². The summed E-state index contributed by atoms with van der Waals surface area (Å²) in [4.78, 5) is 17.5. The number of carbonyl (C=O) groups is 1. The van der Waals surface area contributed by atoms with Crippen LogP contribution >= 0.6 is 11.5 Å². The molecule has 1 fully saturated rings. The number of halogens is 3. The number of rotatable bonds is 4. The van der Waals surface area contributed by atoms with Crippen molar-refractivity contribution in [2.75, 3.05) is 0 Å². The van der Waals surface area contributed by atoms with Crippen LogP contribution in [0.1, 0.15) is 34.6 Å². The van der Waals surface area contributed by atoms with Crippen molar-refractivity contribution in [2.24, 2.45) is 5.92 Å². The highest BCUT2D eigenvalue weighted by atomic mass is 32.1. The van der Waals surface area contributed by atoms with E-state index in [2.05, 4.69) is 19.8 Å². The Morgan fingerprint density at radius 3 is 2.67 bits per heavy atom. The predicted octanol–water partition coefficient (Wildman–Crippen LogP) is 3.54. The number of alkyl halides is 3. The Bertz CT molecular complexity index is 1020. The molecule has 1 aliphatic rings. The monoisotopic (exact) mass is 395 g/mol. The zero-order chi connectivity index (χ0) is 19.3. The fourth-order valence-corrected chi connectivity index (χ4v) is 3.70. The second-order valence-electron chi connectivity index (χ2n) is 6.75. The molecule has 0 aromatic carbocycles. The predicted molar refractivity (Wildman–Crippen MR) is 93.6 cm³/mol. The largest absolute Gasteiger partial charge is 0.408 e. The van der Waals surface area contributed by atoms with E-state index in [4.69, 9.17) is 0 Å². The van der Waals surface area contributed by atoms with Gasteiger partial charge in [0.1, 0.15) is 11.7 Å². The first-order chi connectivity index (χ1) is 12.7. The van der Waals surface area contributed by atoms with Crippen molar-refractivity contribution in [3.05, 3.63) is 35.3 Å². The highest BCUT2D eigenvalue weighted by Gasteiger charge is 2.49. The number of imidazole rings is 1. The first-order valence-corrected chi connectivity index (χ1v) is 9.18. The summed E-state index contributed by atoms with van der Waals surface area (Å²) in [6.45, 7) is 3.67. The first-order valence-electron chi connectivity index (χ1n) is 8.40. The number of carbonyl (C=O) groups excluding carboxylic acids is 1. The van der Waals surface area contributed by atoms with Crippen LogP contribution in [0.4, 0.5) is 13.2 Å². The molecule has 0 bridgehead atoms. The second-order valence-corrected chi connectivity index (χ2v) is 7.56. The number of hydrogen-bond acceptors (Lipinski definition) is 5. The topological polar surface area (TPSA) is 72.2 Å². The molecule has 1 amide bonds. The van der Waals surface area contributed by atoms with Crippen molar-refractivity contribution in [2.45, 2.75) is 38.9 Å². The molecule has 3 heterocycles. The van der Waals surface area contributed by atoms with Gasteiger partial charge in [0.05, 0.1) is 16.8 Å². The van der Waals surface area contributed by atoms with Gasteiger partial charge in [-0.1, -0.05) is 0 Å². The number of amides is 1. The Morgan fingerprint density at radius 1 is 1.33 bits per heavy atom. The van der Waals surface area contributed by atoms with E-state index in [0.29, 0.717) is 24.2 Å². The minimum atomic E-state index is -4.48. The van der Waals surface area contributed by atoms with Gasteiger partial charge < -0.3 is 5.32 Å². The number of aromatic nitrogens is 4. The molecule has 10 heteroatoms. The lowest BCUT2D eigenvalue weighted by atomic mass is 10.1. The summed E-state index contributed by atoms with van der Waals surface area (Å²) in [6.07, 6.45) is -2.30. The van der Waals surface area contributed by atoms with Gasteiger partial charge in [0.15, 0.2) is 11.3 Å². The quantitative estimate of drug-likeness (QED) is 0.734. The number of aryl methyl sites for hydroxylation is 2. The molecule has 1 unspecified atom stereocenters. The molecule has 1 atom stereocenters. The van der Waals surface area contributed by atoms with E-state index >= 15 is 0 Å². The van der Waals surface area contributed by atoms with Crippen LogP contribution in [0.5, 0.6) is 0 Å². The van der Waals surface area contributed by atoms with Gasteiger partial charge >= 0.3 is 6.18 Å². The van der Waals surface area contributed by atoms with Gasteiger partial charge in [-0.3, -0.25) is 4.79 Å². The van der Waals surface area contributed by atoms with Gasteiger partial charge in [-0.05, 0) is 61.8 Å². The Morgan fingerprint density at radius 2 is 2.07 bits per heavy atom. The minimum Gasteiger partial charge on any atom is -0.339 e. The van der Waals surface area contributed by atoms with E-state index in [0.717, 1.165) is 16.1 Å². The summed E-state index contributed by atoms with van der Waals surface area (Å²) >= 11 is 1.27. The van der Waals surface area contributed by atoms with Gasteiger partial charge in [-0.2, -0.15) is 22.6 Å². The Balaban J connectivity index is 1.71. The van der Waals surface area contributed by atoms with Crippen molar-refractivity contribution >= 4 is 23.1 Å². The van der Waals surface area contributed by atoms with Gasteiger partial charge in [-0.25, -0.2) is 9.50 Å². The van der Waals surface area contributed by atoms with Gasteiger partial charge in [0.2, 0.25) is 0 Å². The molecule has 1 N–H and O–H groups in total. The fraction of sp³-hybridized carbons (Fsp3) is 0.412. The molecule has 27 heavy (non-hydrogen) atoms. The third-order valence-corrected chi connectivity index (χ3v) is 5.40. The molecule has 6 nitrogen and oxygen atoms in total. The molecule has 1 aliphatic carbocycles. The first kappa shape index (κ1) is 17.9. The number of hydrogen-bond donors (Lipinski definition) is 1. The Hall–Kier alpha value is -2.49. The van der Waals surface area contributed by atoms with Gasteiger partial charge in [0.25, 0.3) is 5.91 Å². The fourth-order valence-electron chi connectivity index (χ4n) is 2.99. The molecule has 0 aliphatic heterocycles. The molecule has 0 radical (unpaired) electrons. The zero-order valence-corrected chi connectivity index (χ0v) is 15.4. The van der Waals surface area contributed by atoms with Crippen molar-refractivity contribution in [1.29, 1.82) is 0 Å². The summed E-state index contributed by atoms with van der Waals surface area (Å²) in [6, 6.07) is 1.84. The van der Waals surface area contributed by atoms with Crippen LogP contribution in [0, 0.1) is 19.8 Å². The average Bonchev–Trinajstić information content (AvgIpc) is 3.17. The van der Waals surface area contributed by atoms with Crippen molar-refractivity contribution in [3.63, 3.8) is 0 Å². The van der Waals surface area contributed by atoms with E-state index in [1.165, 1.54) is 22.2 Å². The van der Waals surface area contributed by atoms with Crippen molar-refractivity contribution in [1.82, 2.24) is 24.3 Å². The summed E-state index contributed by atoms with van der Waals surface area (Å²) in [5, 5.41) is 6.53. The molecular formula is C17H16F3N5OS. The van der Waals surface area contributed by atoms with Crippen LogP contribution in [0.15, 0.2) is 18.3 Å². The van der Waals surface area contributed by atoms with E-state index in [1.807, 2.05) is 26.0 Å². The van der Waals surface area contributed by atoms with Crippen LogP contribution in [-0.2, 0) is 0 Å². The summed E-state index contributed by atoms with van der Waals surface area (Å²) in [7, 11) is 0. The molecule has 4 rings (SSSR count). The van der Waals surface area contributed by atoms with E-state index in [-0.39, 0.29) is 5.69 Å². The Labute approximate surface area is 156 Å². The van der Waals surface area contributed by atoms with E-state index in [1.54, 1.807) is 0 Å². The lowest BCUT2D eigenvalue weighted by Gasteiger charge is -2.21. The summed E-state index contributed by atoms with van der Waals surface area (Å²) < 4.78 is 45.2. The average molecular weight is 395 g/mol. The van der Waals surface area contributed by atoms with Crippen molar-refractivity contribution in [3.8, 4) is 10.6 Å². The number of nitrogens with zero attached hydrogens (tertiary/aromatic N) is 4. The molecule has 3 aromatic heterocycles. The SMILES string of the molecule is Cc1cc(-c2cc(C)c3ncc(C(=O)NC(C4CC4)C(F)(F)F)n3n2)sn1. The summed E-state index contributed by atoms with van der Waals surface area (Å²) in [5.41, 5.74) is 2.61. The molecule has 0 saturated heterocycles. The highest BCUT2D eigenvalue weighted by molar-refractivity contribution is 7.09. The van der Waals surface area contributed by atoms with Crippen molar-refractivity contribution < 1.29 is 18.0 Å². The highest BCUT2D eigenvalue weighted by Crippen LogP contribution is 2.40. The maximum absolute atomic E-state index is 13.2. The van der Waals surface area contributed by atoms with Crippen LogP contribution < -0.4 is 5.32 Å². The third kappa shape index (κ3) is 3.41. The molecular weight excluding hydrogens is 379 g/mol. The molecule has 3 aromatic rings. The van der Waals surface area contributed by atoms with E-state index in [9.17, 15) is 18.0 Å². The number of fused-ring (bicyclic) bond motifs is 1. The van der Waals surface area contributed by atoms with Crippen LogP contribution in [-0.4, -0.2) is 37.1 Å². The smallest absolute Gasteiger partial charge is 0.339 e. The number of nitrogens with one attached hydrogen (secondary N) is 1. The lowest BCUT2D eigenvalue weighted by molar-refractivity contribution is -0.158. The molecule has 0 spiro atoms. The Kier molecular flexibility index (Phi) is 4.17.